The monoisotopic (exact) mass is 309 g/mol. The molecule has 1 aromatic carbocycles. The molecule has 2 aromatic rings. The summed E-state index contributed by atoms with van der Waals surface area (Å²) in [5.41, 5.74) is 3.60. The highest BCUT2D eigenvalue weighted by molar-refractivity contribution is 14.1. The van der Waals surface area contributed by atoms with Crippen LogP contribution in [0.25, 0.3) is 16.1 Å². The Labute approximate surface area is 101 Å². The Morgan fingerprint density at radius 1 is 1.47 bits per heavy atom. The van der Waals surface area contributed by atoms with Crippen molar-refractivity contribution in [3.8, 4) is 11.3 Å². The number of aryl methyl sites for hydroxylation is 1. The van der Waals surface area contributed by atoms with Crippen molar-refractivity contribution in [2.45, 2.75) is 6.92 Å². The van der Waals surface area contributed by atoms with Gasteiger partial charge in [0.25, 0.3) is 0 Å². The van der Waals surface area contributed by atoms with Gasteiger partial charge < -0.3 is 0 Å². The SMILES string of the molecule is [C-]#[N+]c1cccc(-c2n[nH]c(C)c2I)c1. The molecule has 15 heavy (non-hydrogen) atoms. The third kappa shape index (κ3) is 1.88. The van der Waals surface area contributed by atoms with E-state index < -0.39 is 0 Å². The lowest BCUT2D eigenvalue weighted by Crippen LogP contribution is -1.80. The second-order valence-corrected chi connectivity index (χ2v) is 4.25. The van der Waals surface area contributed by atoms with Crippen molar-refractivity contribution in [3.05, 3.63) is 44.9 Å². The molecule has 0 saturated carbocycles. The molecule has 0 aliphatic rings. The van der Waals surface area contributed by atoms with Crippen LogP contribution in [-0.4, -0.2) is 10.2 Å². The van der Waals surface area contributed by atoms with E-state index in [1.165, 1.54) is 0 Å². The van der Waals surface area contributed by atoms with E-state index in [-0.39, 0.29) is 0 Å². The standard InChI is InChI=1S/C11H8IN3/c1-7-10(12)11(15-14-7)8-4-3-5-9(6-8)13-2/h3-6H,1H3,(H,14,15). The summed E-state index contributed by atoms with van der Waals surface area (Å²) in [6, 6.07) is 7.49. The maximum absolute atomic E-state index is 6.96. The molecule has 0 spiro atoms. The van der Waals surface area contributed by atoms with Crippen molar-refractivity contribution in [2.24, 2.45) is 0 Å². The van der Waals surface area contributed by atoms with Gasteiger partial charge >= 0.3 is 0 Å². The van der Waals surface area contributed by atoms with Crippen molar-refractivity contribution in [3.63, 3.8) is 0 Å². The molecule has 0 radical (unpaired) electrons. The highest BCUT2D eigenvalue weighted by Gasteiger charge is 2.09. The maximum Gasteiger partial charge on any atom is 0.187 e. The van der Waals surface area contributed by atoms with Crippen molar-refractivity contribution in [1.29, 1.82) is 0 Å². The average Bonchev–Trinajstić information content (AvgIpc) is 2.60. The zero-order valence-electron chi connectivity index (χ0n) is 8.08. The molecule has 0 bridgehead atoms. The molecule has 74 valence electrons. The highest BCUT2D eigenvalue weighted by atomic mass is 127. The van der Waals surface area contributed by atoms with Crippen LogP contribution in [0.1, 0.15) is 5.69 Å². The number of hydrogen-bond acceptors (Lipinski definition) is 1. The molecule has 1 heterocycles. The van der Waals surface area contributed by atoms with Gasteiger partial charge in [0.15, 0.2) is 5.69 Å². The first-order valence-corrected chi connectivity index (χ1v) is 5.48. The fraction of sp³-hybridized carbons (Fsp3) is 0.0909. The normalized spacial score (nSPS) is 9.93. The van der Waals surface area contributed by atoms with E-state index in [2.05, 4.69) is 37.6 Å². The Bertz CT molecular complexity index is 537. The van der Waals surface area contributed by atoms with E-state index in [0.717, 1.165) is 20.5 Å². The summed E-state index contributed by atoms with van der Waals surface area (Å²) in [6.07, 6.45) is 0. The smallest absolute Gasteiger partial charge is 0.187 e. The molecule has 2 rings (SSSR count). The summed E-state index contributed by atoms with van der Waals surface area (Å²) in [7, 11) is 0. The molecule has 0 fully saturated rings. The highest BCUT2D eigenvalue weighted by Crippen LogP contribution is 2.27. The first-order valence-electron chi connectivity index (χ1n) is 4.40. The predicted octanol–water partition coefficient (Wildman–Crippen LogP) is 3.54. The maximum atomic E-state index is 6.96. The Morgan fingerprint density at radius 3 is 2.87 bits per heavy atom. The summed E-state index contributed by atoms with van der Waals surface area (Å²) in [6.45, 7) is 8.94. The van der Waals surface area contributed by atoms with Gasteiger partial charge in [0.2, 0.25) is 0 Å². The van der Waals surface area contributed by atoms with Crippen molar-refractivity contribution >= 4 is 28.3 Å². The Kier molecular flexibility index (Phi) is 2.73. The second-order valence-electron chi connectivity index (χ2n) is 3.17. The second kappa shape index (κ2) is 4.03. The minimum atomic E-state index is 0.643. The third-order valence-corrected chi connectivity index (χ3v) is 3.44. The van der Waals surface area contributed by atoms with E-state index in [4.69, 9.17) is 6.57 Å². The van der Waals surface area contributed by atoms with Crippen molar-refractivity contribution in [1.82, 2.24) is 10.2 Å². The number of aromatic nitrogens is 2. The molecule has 0 unspecified atom stereocenters. The fourth-order valence-corrected chi connectivity index (χ4v) is 1.88. The number of rotatable bonds is 1. The number of nitrogens with one attached hydrogen (secondary N) is 1. The molecule has 4 heteroatoms. The van der Waals surface area contributed by atoms with Crippen LogP contribution in [0.3, 0.4) is 0 Å². The van der Waals surface area contributed by atoms with Crippen LogP contribution >= 0.6 is 22.6 Å². The van der Waals surface area contributed by atoms with Gasteiger partial charge in [-0.05, 0) is 41.1 Å². The summed E-state index contributed by atoms with van der Waals surface area (Å²) in [5.74, 6) is 0. The van der Waals surface area contributed by atoms with Crippen LogP contribution in [0.5, 0.6) is 0 Å². The lowest BCUT2D eigenvalue weighted by molar-refractivity contribution is 1.05. The Hall–Kier alpha value is -1.35. The largest absolute Gasteiger partial charge is 0.281 e. The molecule has 0 saturated heterocycles. The van der Waals surface area contributed by atoms with Gasteiger partial charge in [-0.1, -0.05) is 18.2 Å². The number of hydrogen-bond donors (Lipinski definition) is 1. The number of halogens is 1. The van der Waals surface area contributed by atoms with Crippen molar-refractivity contribution < 1.29 is 0 Å². The van der Waals surface area contributed by atoms with E-state index in [1.54, 1.807) is 6.07 Å². The number of aromatic amines is 1. The molecule has 0 amide bonds. The summed E-state index contributed by atoms with van der Waals surface area (Å²) >= 11 is 2.26. The van der Waals surface area contributed by atoms with Crippen LogP contribution in [0.15, 0.2) is 24.3 Å². The van der Waals surface area contributed by atoms with Gasteiger partial charge in [0.05, 0.1) is 10.1 Å². The molecule has 0 aliphatic carbocycles. The van der Waals surface area contributed by atoms with Gasteiger partial charge in [-0.15, -0.1) is 0 Å². The van der Waals surface area contributed by atoms with Crippen molar-refractivity contribution in [2.75, 3.05) is 0 Å². The van der Waals surface area contributed by atoms with Crippen LogP contribution in [0.4, 0.5) is 5.69 Å². The zero-order chi connectivity index (χ0) is 10.8. The van der Waals surface area contributed by atoms with E-state index >= 15 is 0 Å². The van der Waals surface area contributed by atoms with E-state index in [1.807, 2.05) is 25.1 Å². The van der Waals surface area contributed by atoms with Crippen LogP contribution in [0, 0.1) is 17.1 Å². The Morgan fingerprint density at radius 2 is 2.27 bits per heavy atom. The first-order chi connectivity index (χ1) is 7.22. The minimum Gasteiger partial charge on any atom is -0.281 e. The van der Waals surface area contributed by atoms with Gasteiger partial charge in [0, 0.05) is 5.69 Å². The van der Waals surface area contributed by atoms with E-state index in [9.17, 15) is 0 Å². The zero-order valence-corrected chi connectivity index (χ0v) is 10.2. The lowest BCUT2D eigenvalue weighted by atomic mass is 10.1. The molecular weight excluding hydrogens is 301 g/mol. The summed E-state index contributed by atoms with van der Waals surface area (Å²) < 4.78 is 1.11. The van der Waals surface area contributed by atoms with Gasteiger partial charge in [-0.25, -0.2) is 4.85 Å². The molecule has 3 nitrogen and oxygen atoms in total. The minimum absolute atomic E-state index is 0.643. The van der Waals surface area contributed by atoms with Crippen LogP contribution in [0.2, 0.25) is 0 Å². The fourth-order valence-electron chi connectivity index (χ4n) is 1.33. The van der Waals surface area contributed by atoms with Gasteiger partial charge in [-0.2, -0.15) is 5.10 Å². The van der Waals surface area contributed by atoms with E-state index in [0.29, 0.717) is 5.69 Å². The number of H-pyrrole nitrogens is 1. The quantitative estimate of drug-likeness (QED) is 0.634. The van der Waals surface area contributed by atoms with Crippen LogP contribution < -0.4 is 0 Å². The number of benzene rings is 1. The molecule has 0 atom stereocenters. The third-order valence-electron chi connectivity index (χ3n) is 2.12. The first kappa shape index (κ1) is 10.2. The number of nitrogens with zero attached hydrogens (tertiary/aromatic N) is 2. The van der Waals surface area contributed by atoms with Gasteiger partial charge in [-0.3, -0.25) is 5.10 Å². The lowest BCUT2D eigenvalue weighted by Gasteiger charge is -1.98. The summed E-state index contributed by atoms with van der Waals surface area (Å²) in [4.78, 5) is 3.40. The predicted molar refractivity (Wildman–Crippen MR) is 67.7 cm³/mol. The molecule has 0 aliphatic heterocycles. The molecule has 1 N–H and O–H groups in total. The van der Waals surface area contributed by atoms with Gasteiger partial charge in [0.1, 0.15) is 5.69 Å². The summed E-state index contributed by atoms with van der Waals surface area (Å²) in [5, 5.41) is 7.16. The average molecular weight is 309 g/mol. The van der Waals surface area contributed by atoms with Crippen LogP contribution in [-0.2, 0) is 0 Å². The Balaban J connectivity index is 2.55. The molecule has 1 aromatic heterocycles. The molecular formula is C11H8IN3. The topological polar surface area (TPSA) is 33.0 Å².